The number of nitrogens with one attached hydrogen (secondary N) is 1. The van der Waals surface area contributed by atoms with Crippen LogP contribution in [-0.4, -0.2) is 53.1 Å². The average molecular weight is 355 g/mol. The van der Waals surface area contributed by atoms with Crippen LogP contribution in [0.1, 0.15) is 42.5 Å². The summed E-state index contributed by atoms with van der Waals surface area (Å²) in [6.45, 7) is 8.58. The minimum atomic E-state index is -0.0387. The van der Waals surface area contributed by atoms with Crippen LogP contribution in [0.15, 0.2) is 36.7 Å². The molecule has 0 spiro atoms. The second-order valence-corrected chi connectivity index (χ2v) is 6.74. The maximum atomic E-state index is 13.1. The lowest BCUT2D eigenvalue weighted by Gasteiger charge is -2.36. The lowest BCUT2D eigenvalue weighted by molar-refractivity contribution is 0.0621. The second kappa shape index (κ2) is 8.36. The predicted molar refractivity (Wildman–Crippen MR) is 104 cm³/mol. The third-order valence-corrected chi connectivity index (χ3v) is 5.02. The number of aryl methyl sites for hydroxylation is 1. The molecule has 1 unspecified atom stereocenters. The number of nitrogens with zero attached hydrogens (tertiary/aromatic N) is 4. The minimum Gasteiger partial charge on any atom is -0.372 e. The van der Waals surface area contributed by atoms with Gasteiger partial charge < -0.3 is 19.7 Å². The predicted octanol–water partition coefficient (Wildman–Crippen LogP) is 2.44. The van der Waals surface area contributed by atoms with E-state index in [0.717, 1.165) is 44.0 Å². The van der Waals surface area contributed by atoms with Gasteiger partial charge in [0.05, 0.1) is 0 Å². The Morgan fingerprint density at radius 1 is 1.31 bits per heavy atom. The Morgan fingerprint density at radius 2 is 2.08 bits per heavy atom. The van der Waals surface area contributed by atoms with Gasteiger partial charge in [0.2, 0.25) is 0 Å². The van der Waals surface area contributed by atoms with Gasteiger partial charge >= 0.3 is 0 Å². The molecule has 1 amide bonds. The van der Waals surface area contributed by atoms with E-state index in [9.17, 15) is 4.79 Å². The van der Waals surface area contributed by atoms with E-state index in [1.165, 1.54) is 5.69 Å². The zero-order valence-electron chi connectivity index (χ0n) is 16.0. The summed E-state index contributed by atoms with van der Waals surface area (Å²) in [6.07, 6.45) is 4.82. The maximum absolute atomic E-state index is 13.1. The van der Waals surface area contributed by atoms with Crippen LogP contribution in [0.2, 0.25) is 0 Å². The highest BCUT2D eigenvalue weighted by Crippen LogP contribution is 2.24. The number of hydrogen-bond acceptors (Lipinski definition) is 4. The first-order valence-corrected chi connectivity index (χ1v) is 9.49. The zero-order chi connectivity index (χ0) is 18.5. The van der Waals surface area contributed by atoms with Gasteiger partial charge in [0.1, 0.15) is 11.9 Å². The van der Waals surface area contributed by atoms with Crippen molar-refractivity contribution in [1.29, 1.82) is 0 Å². The summed E-state index contributed by atoms with van der Waals surface area (Å²) >= 11 is 0. The van der Waals surface area contributed by atoms with Gasteiger partial charge in [-0.05, 0) is 37.6 Å². The van der Waals surface area contributed by atoms with Gasteiger partial charge in [0, 0.05) is 63.4 Å². The summed E-state index contributed by atoms with van der Waals surface area (Å²) in [5, 5.41) is 3.38. The number of hydrogen-bond donors (Lipinski definition) is 1. The molecule has 140 valence electrons. The summed E-state index contributed by atoms with van der Waals surface area (Å²) < 4.78 is 1.99. The highest BCUT2D eigenvalue weighted by molar-refractivity contribution is 5.95. The topological polar surface area (TPSA) is 53.4 Å². The Bertz CT molecular complexity index is 724. The molecule has 0 aliphatic carbocycles. The quantitative estimate of drug-likeness (QED) is 0.865. The summed E-state index contributed by atoms with van der Waals surface area (Å²) in [5.74, 6) is 0.992. The molecule has 1 fully saturated rings. The Balaban J connectivity index is 1.79. The van der Waals surface area contributed by atoms with E-state index >= 15 is 0 Å². The van der Waals surface area contributed by atoms with Gasteiger partial charge in [-0.1, -0.05) is 6.92 Å². The largest absolute Gasteiger partial charge is 0.372 e. The van der Waals surface area contributed by atoms with Crippen LogP contribution in [0.25, 0.3) is 0 Å². The van der Waals surface area contributed by atoms with Crippen LogP contribution < -0.4 is 10.2 Å². The van der Waals surface area contributed by atoms with Crippen molar-refractivity contribution >= 4 is 11.6 Å². The fraction of sp³-hybridized carbons (Fsp3) is 0.500. The van der Waals surface area contributed by atoms with Gasteiger partial charge in [-0.3, -0.25) is 4.79 Å². The highest BCUT2D eigenvalue weighted by Gasteiger charge is 2.31. The molecule has 1 aromatic heterocycles. The van der Waals surface area contributed by atoms with Gasteiger partial charge in [-0.15, -0.1) is 0 Å². The number of piperazine rings is 1. The van der Waals surface area contributed by atoms with Crippen molar-refractivity contribution in [2.24, 2.45) is 7.05 Å². The van der Waals surface area contributed by atoms with Gasteiger partial charge in [0.15, 0.2) is 0 Å². The number of carbonyl (C=O) groups excluding carboxylic acids is 1. The van der Waals surface area contributed by atoms with Crippen molar-refractivity contribution in [3.8, 4) is 0 Å². The number of rotatable bonds is 6. The molecule has 0 radical (unpaired) electrons. The smallest absolute Gasteiger partial charge is 0.254 e. The second-order valence-electron chi connectivity index (χ2n) is 6.74. The number of amides is 1. The van der Waals surface area contributed by atoms with E-state index in [-0.39, 0.29) is 11.9 Å². The first-order valence-electron chi connectivity index (χ1n) is 9.49. The lowest BCUT2D eigenvalue weighted by atomic mass is 10.1. The van der Waals surface area contributed by atoms with E-state index in [0.29, 0.717) is 6.54 Å². The molecule has 1 saturated heterocycles. The summed E-state index contributed by atoms with van der Waals surface area (Å²) in [7, 11) is 1.97. The molecule has 2 heterocycles. The zero-order valence-corrected chi connectivity index (χ0v) is 16.0. The average Bonchev–Trinajstić information content (AvgIpc) is 3.11. The fourth-order valence-electron chi connectivity index (χ4n) is 3.60. The third-order valence-electron chi connectivity index (χ3n) is 5.02. The number of anilines is 1. The standard InChI is InChI=1S/C20H29N5O/c1-4-12-24(5-2)17-8-6-16(7-9-17)20(26)25-14-10-21-15-18(25)19-22-11-13-23(19)3/h6-9,11,13,18,21H,4-5,10,12,14-15H2,1-3H3. The molecule has 1 aromatic carbocycles. The number of imidazole rings is 1. The Kier molecular flexibility index (Phi) is 5.93. The monoisotopic (exact) mass is 355 g/mol. The first-order chi connectivity index (χ1) is 12.7. The molecule has 26 heavy (non-hydrogen) atoms. The Hall–Kier alpha value is -2.34. The Morgan fingerprint density at radius 3 is 2.69 bits per heavy atom. The fourth-order valence-corrected chi connectivity index (χ4v) is 3.60. The molecule has 3 rings (SSSR count). The van der Waals surface area contributed by atoms with E-state index < -0.39 is 0 Å². The molecule has 2 aromatic rings. The van der Waals surface area contributed by atoms with Gasteiger partial charge in [0.25, 0.3) is 5.91 Å². The van der Waals surface area contributed by atoms with Gasteiger partial charge in [-0.2, -0.15) is 0 Å². The maximum Gasteiger partial charge on any atom is 0.254 e. The molecule has 0 saturated carbocycles. The summed E-state index contributed by atoms with van der Waals surface area (Å²) in [6, 6.07) is 7.98. The number of carbonyl (C=O) groups is 1. The minimum absolute atomic E-state index is 0.0387. The highest BCUT2D eigenvalue weighted by atomic mass is 16.2. The molecule has 6 heteroatoms. The van der Waals surface area contributed by atoms with E-state index in [2.05, 4.69) is 41.2 Å². The van der Waals surface area contributed by atoms with E-state index in [1.54, 1.807) is 6.20 Å². The molecule has 1 aliphatic heterocycles. The molecular weight excluding hydrogens is 326 g/mol. The molecular formula is C20H29N5O. The molecule has 1 aliphatic rings. The van der Waals surface area contributed by atoms with Crippen molar-refractivity contribution in [3.05, 3.63) is 48.0 Å². The molecule has 1 N–H and O–H groups in total. The van der Waals surface area contributed by atoms with Gasteiger partial charge in [-0.25, -0.2) is 4.98 Å². The SMILES string of the molecule is CCCN(CC)c1ccc(C(=O)N2CCNCC2c2nccn2C)cc1. The van der Waals surface area contributed by atoms with Crippen LogP contribution in [-0.2, 0) is 7.05 Å². The van der Waals surface area contributed by atoms with Crippen LogP contribution in [0, 0.1) is 0 Å². The van der Waals surface area contributed by atoms with Crippen LogP contribution in [0.4, 0.5) is 5.69 Å². The van der Waals surface area contributed by atoms with Crippen molar-refractivity contribution in [2.75, 3.05) is 37.6 Å². The lowest BCUT2D eigenvalue weighted by Crippen LogP contribution is -2.49. The number of benzene rings is 1. The first kappa shape index (κ1) is 18.5. The Labute approximate surface area is 155 Å². The van der Waals surface area contributed by atoms with Crippen molar-refractivity contribution in [1.82, 2.24) is 19.8 Å². The van der Waals surface area contributed by atoms with Crippen LogP contribution in [0.3, 0.4) is 0 Å². The third kappa shape index (κ3) is 3.75. The van der Waals surface area contributed by atoms with E-state index in [4.69, 9.17) is 0 Å². The summed E-state index contributed by atoms with van der Waals surface area (Å²) in [4.78, 5) is 21.9. The van der Waals surface area contributed by atoms with Crippen molar-refractivity contribution in [2.45, 2.75) is 26.3 Å². The summed E-state index contributed by atoms with van der Waals surface area (Å²) in [5.41, 5.74) is 1.91. The van der Waals surface area contributed by atoms with Crippen molar-refractivity contribution < 1.29 is 4.79 Å². The van der Waals surface area contributed by atoms with E-state index in [1.807, 2.05) is 34.8 Å². The van der Waals surface area contributed by atoms with Crippen LogP contribution >= 0.6 is 0 Å². The molecule has 6 nitrogen and oxygen atoms in total. The molecule has 1 atom stereocenters. The van der Waals surface area contributed by atoms with Crippen LogP contribution in [0.5, 0.6) is 0 Å². The number of aromatic nitrogens is 2. The molecule has 0 bridgehead atoms. The van der Waals surface area contributed by atoms with Crippen molar-refractivity contribution in [3.63, 3.8) is 0 Å². The normalized spacial score (nSPS) is 17.3.